The third-order valence-corrected chi connectivity index (χ3v) is 2.87. The van der Waals surface area contributed by atoms with Crippen LogP contribution in [0.4, 0.5) is 0 Å². The van der Waals surface area contributed by atoms with Crippen molar-refractivity contribution in [3.05, 3.63) is 46.7 Å². The minimum atomic E-state index is -0.0856. The lowest BCUT2D eigenvalue weighted by Crippen LogP contribution is -2.31. The molecular weight excluding hydrogens is 224 g/mol. The van der Waals surface area contributed by atoms with Gasteiger partial charge < -0.3 is 4.74 Å². The molecule has 0 saturated carbocycles. The van der Waals surface area contributed by atoms with Crippen molar-refractivity contribution in [2.75, 3.05) is 6.61 Å². The number of nitrogens with one attached hydrogen (secondary N) is 1. The van der Waals surface area contributed by atoms with Gasteiger partial charge in [0, 0.05) is 5.02 Å². The Labute approximate surface area is 100 Å². The largest absolute Gasteiger partial charge is 0.496 e. The summed E-state index contributed by atoms with van der Waals surface area (Å²) in [5.74, 6) is 6.47. The number of rotatable bonds is 3. The first kappa shape index (κ1) is 11.5. The van der Waals surface area contributed by atoms with E-state index in [1.165, 1.54) is 0 Å². The predicted molar refractivity (Wildman–Crippen MR) is 64.8 cm³/mol. The number of halogens is 1. The van der Waals surface area contributed by atoms with E-state index < -0.39 is 0 Å². The summed E-state index contributed by atoms with van der Waals surface area (Å²) in [6.45, 7) is 0.762. The third kappa shape index (κ3) is 2.55. The van der Waals surface area contributed by atoms with E-state index >= 15 is 0 Å². The van der Waals surface area contributed by atoms with E-state index in [2.05, 4.69) is 11.5 Å². The minimum Gasteiger partial charge on any atom is -0.496 e. The second-order valence-corrected chi connectivity index (χ2v) is 4.18. The zero-order chi connectivity index (χ0) is 11.4. The number of ether oxygens (including phenoxy) is 1. The summed E-state index contributed by atoms with van der Waals surface area (Å²) in [4.78, 5) is 0. The zero-order valence-electron chi connectivity index (χ0n) is 8.95. The van der Waals surface area contributed by atoms with Gasteiger partial charge in [-0.2, -0.15) is 0 Å². The first-order valence-corrected chi connectivity index (χ1v) is 5.73. The fourth-order valence-electron chi connectivity index (χ4n) is 1.78. The molecule has 1 aliphatic heterocycles. The summed E-state index contributed by atoms with van der Waals surface area (Å²) >= 11 is 5.85. The van der Waals surface area contributed by atoms with Gasteiger partial charge in [-0.05, 0) is 36.6 Å². The second kappa shape index (κ2) is 5.34. The van der Waals surface area contributed by atoms with Gasteiger partial charge in [0.2, 0.25) is 0 Å². The molecular formula is C12H15ClN2O. The van der Waals surface area contributed by atoms with Crippen molar-refractivity contribution < 1.29 is 4.74 Å². The highest BCUT2D eigenvalue weighted by Gasteiger charge is 2.18. The number of nitrogens with two attached hydrogens (primary N) is 1. The van der Waals surface area contributed by atoms with Crippen LogP contribution in [0.1, 0.15) is 24.4 Å². The average Bonchev–Trinajstić information content (AvgIpc) is 2.34. The molecule has 16 heavy (non-hydrogen) atoms. The molecule has 1 aliphatic rings. The summed E-state index contributed by atoms with van der Waals surface area (Å²) in [6.07, 6.45) is 4.20. The van der Waals surface area contributed by atoms with Gasteiger partial charge in [-0.3, -0.25) is 5.84 Å². The summed E-state index contributed by atoms with van der Waals surface area (Å²) in [5, 5.41) is 0.720. The van der Waals surface area contributed by atoms with Gasteiger partial charge in [-0.1, -0.05) is 23.7 Å². The van der Waals surface area contributed by atoms with Crippen LogP contribution in [0.25, 0.3) is 0 Å². The number of allylic oxidation sites excluding steroid dienone is 1. The van der Waals surface area contributed by atoms with Crippen LogP contribution < -0.4 is 11.3 Å². The van der Waals surface area contributed by atoms with Crippen molar-refractivity contribution in [3.63, 3.8) is 0 Å². The highest BCUT2D eigenvalue weighted by Crippen LogP contribution is 2.26. The molecule has 3 nitrogen and oxygen atoms in total. The molecule has 2 rings (SSSR count). The molecule has 0 aliphatic carbocycles. The van der Waals surface area contributed by atoms with Crippen LogP contribution in [0, 0.1) is 0 Å². The standard InChI is InChI=1S/C12H15ClN2O/c13-10-6-4-9(5-7-10)12(15-14)11-3-1-2-8-16-11/h3-7,12,15H,1-2,8,14H2. The molecule has 0 spiro atoms. The molecule has 86 valence electrons. The van der Waals surface area contributed by atoms with Crippen molar-refractivity contribution >= 4 is 11.6 Å². The molecule has 1 unspecified atom stereocenters. The quantitative estimate of drug-likeness (QED) is 0.629. The van der Waals surface area contributed by atoms with Crippen LogP contribution in [-0.4, -0.2) is 6.61 Å². The molecule has 4 heteroatoms. The molecule has 1 aromatic rings. The third-order valence-electron chi connectivity index (χ3n) is 2.62. The van der Waals surface area contributed by atoms with Crippen LogP contribution in [0.5, 0.6) is 0 Å². The SMILES string of the molecule is NNC(C1=CCCCO1)c1ccc(Cl)cc1. The Hall–Kier alpha value is -1.03. The van der Waals surface area contributed by atoms with Gasteiger partial charge >= 0.3 is 0 Å². The Morgan fingerprint density at radius 1 is 1.31 bits per heavy atom. The first-order chi connectivity index (χ1) is 7.81. The molecule has 0 bridgehead atoms. The number of hydrogen-bond donors (Lipinski definition) is 2. The Morgan fingerprint density at radius 2 is 2.06 bits per heavy atom. The fraction of sp³-hybridized carbons (Fsp3) is 0.333. The fourth-order valence-corrected chi connectivity index (χ4v) is 1.90. The average molecular weight is 239 g/mol. The van der Waals surface area contributed by atoms with Gasteiger partial charge in [0.1, 0.15) is 11.8 Å². The Balaban J connectivity index is 2.21. The Bertz CT molecular complexity index is 375. The smallest absolute Gasteiger partial charge is 0.115 e. The van der Waals surface area contributed by atoms with Crippen LogP contribution in [0.2, 0.25) is 5.02 Å². The predicted octanol–water partition coefficient (Wildman–Crippen LogP) is 2.54. The van der Waals surface area contributed by atoms with Gasteiger partial charge in [-0.25, -0.2) is 5.43 Å². The highest BCUT2D eigenvalue weighted by molar-refractivity contribution is 6.30. The maximum absolute atomic E-state index is 5.85. The van der Waals surface area contributed by atoms with Crippen molar-refractivity contribution in [1.82, 2.24) is 5.43 Å². The van der Waals surface area contributed by atoms with Crippen molar-refractivity contribution in [2.45, 2.75) is 18.9 Å². The topological polar surface area (TPSA) is 47.3 Å². The number of hydrogen-bond acceptors (Lipinski definition) is 3. The van der Waals surface area contributed by atoms with E-state index in [0.29, 0.717) is 0 Å². The molecule has 0 fully saturated rings. The van der Waals surface area contributed by atoms with Gasteiger partial charge in [0.15, 0.2) is 0 Å². The van der Waals surface area contributed by atoms with Crippen molar-refractivity contribution in [2.24, 2.45) is 5.84 Å². The summed E-state index contributed by atoms with van der Waals surface area (Å²) in [7, 11) is 0. The highest BCUT2D eigenvalue weighted by atomic mass is 35.5. The second-order valence-electron chi connectivity index (χ2n) is 3.75. The van der Waals surface area contributed by atoms with Gasteiger partial charge in [0.25, 0.3) is 0 Å². The Kier molecular flexibility index (Phi) is 3.83. The van der Waals surface area contributed by atoms with Gasteiger partial charge in [-0.15, -0.1) is 0 Å². The van der Waals surface area contributed by atoms with Crippen LogP contribution >= 0.6 is 11.6 Å². The molecule has 1 atom stereocenters. The maximum atomic E-state index is 5.85. The number of hydrazine groups is 1. The van der Waals surface area contributed by atoms with E-state index in [4.69, 9.17) is 22.2 Å². The lowest BCUT2D eigenvalue weighted by molar-refractivity contribution is 0.168. The van der Waals surface area contributed by atoms with E-state index in [9.17, 15) is 0 Å². The molecule has 0 amide bonds. The number of benzene rings is 1. The summed E-state index contributed by atoms with van der Waals surface area (Å²) < 4.78 is 5.60. The summed E-state index contributed by atoms with van der Waals surface area (Å²) in [6, 6.07) is 7.52. The van der Waals surface area contributed by atoms with Gasteiger partial charge in [0.05, 0.1) is 6.61 Å². The summed E-state index contributed by atoms with van der Waals surface area (Å²) in [5.41, 5.74) is 3.83. The van der Waals surface area contributed by atoms with E-state index in [-0.39, 0.29) is 6.04 Å². The zero-order valence-corrected chi connectivity index (χ0v) is 9.70. The monoisotopic (exact) mass is 238 g/mol. The molecule has 1 aromatic carbocycles. The minimum absolute atomic E-state index is 0.0856. The lowest BCUT2D eigenvalue weighted by Gasteiger charge is -2.23. The van der Waals surface area contributed by atoms with E-state index in [1.54, 1.807) is 0 Å². The van der Waals surface area contributed by atoms with E-state index in [0.717, 1.165) is 35.8 Å². The van der Waals surface area contributed by atoms with Crippen LogP contribution in [-0.2, 0) is 4.74 Å². The molecule has 0 saturated heterocycles. The van der Waals surface area contributed by atoms with Crippen molar-refractivity contribution in [3.8, 4) is 0 Å². The molecule has 0 aromatic heterocycles. The molecule has 0 radical (unpaired) electrons. The molecule has 1 heterocycles. The maximum Gasteiger partial charge on any atom is 0.115 e. The van der Waals surface area contributed by atoms with Crippen LogP contribution in [0.3, 0.4) is 0 Å². The lowest BCUT2D eigenvalue weighted by atomic mass is 10.0. The molecule has 3 N–H and O–H groups in total. The normalized spacial score (nSPS) is 17.5. The van der Waals surface area contributed by atoms with Crippen molar-refractivity contribution in [1.29, 1.82) is 0 Å². The van der Waals surface area contributed by atoms with E-state index in [1.807, 2.05) is 24.3 Å². The Morgan fingerprint density at radius 3 is 2.62 bits per heavy atom. The van der Waals surface area contributed by atoms with Crippen LogP contribution in [0.15, 0.2) is 36.1 Å². The first-order valence-electron chi connectivity index (χ1n) is 5.35.